The van der Waals surface area contributed by atoms with Crippen molar-refractivity contribution in [1.29, 1.82) is 0 Å². The molecule has 1 aromatic carbocycles. The predicted octanol–water partition coefficient (Wildman–Crippen LogP) is 0.271. The number of hydrazone groups is 1. The summed E-state index contributed by atoms with van der Waals surface area (Å²) in [6.07, 6.45) is -0.710. The molecule has 0 spiro atoms. The Balaban J connectivity index is 2.25. The lowest BCUT2D eigenvalue weighted by atomic mass is 10.0. The van der Waals surface area contributed by atoms with E-state index in [9.17, 15) is 9.90 Å². The Morgan fingerprint density at radius 2 is 2.07 bits per heavy atom. The molecule has 0 saturated carbocycles. The highest BCUT2D eigenvalue weighted by atomic mass is 16.3. The predicted molar refractivity (Wildman–Crippen MR) is 51.7 cm³/mol. The minimum absolute atomic E-state index is 0.274. The Hall–Kier alpha value is -1.68. The fourth-order valence-corrected chi connectivity index (χ4v) is 1.33. The molecule has 2 rings (SSSR count). The van der Waals surface area contributed by atoms with E-state index in [0.29, 0.717) is 5.71 Å². The van der Waals surface area contributed by atoms with Crippen LogP contribution in [-0.2, 0) is 4.79 Å². The maximum Gasteiger partial charge on any atom is 0.269 e. The fraction of sp³-hybridized carbons (Fsp3) is 0.200. The lowest BCUT2D eigenvalue weighted by molar-refractivity contribution is -0.129. The molecule has 0 aliphatic carbocycles. The van der Waals surface area contributed by atoms with Crippen molar-refractivity contribution < 1.29 is 9.90 Å². The second-order valence-electron chi connectivity index (χ2n) is 3.12. The lowest BCUT2D eigenvalue weighted by Gasteiger charge is -2.16. The molecule has 0 unspecified atom stereocenters. The Kier molecular flexibility index (Phi) is 2.28. The zero-order valence-corrected chi connectivity index (χ0v) is 7.47. The second-order valence-corrected chi connectivity index (χ2v) is 3.12. The normalized spacial score (nSPS) is 21.4. The fourth-order valence-electron chi connectivity index (χ4n) is 1.33. The highest BCUT2D eigenvalue weighted by Crippen LogP contribution is 2.09. The van der Waals surface area contributed by atoms with Crippen LogP contribution in [0.25, 0.3) is 0 Å². The highest BCUT2D eigenvalue weighted by Gasteiger charge is 2.22. The number of benzene rings is 1. The van der Waals surface area contributed by atoms with E-state index >= 15 is 0 Å². The van der Waals surface area contributed by atoms with Crippen LogP contribution in [0.3, 0.4) is 0 Å². The molecule has 1 atom stereocenters. The number of hydrogen-bond donors (Lipinski definition) is 2. The molecule has 0 radical (unpaired) electrons. The van der Waals surface area contributed by atoms with Gasteiger partial charge in [-0.3, -0.25) is 4.79 Å². The molecule has 1 aromatic rings. The van der Waals surface area contributed by atoms with Gasteiger partial charge in [0.25, 0.3) is 5.91 Å². The number of hydrogen-bond acceptors (Lipinski definition) is 3. The summed E-state index contributed by atoms with van der Waals surface area (Å²) in [4.78, 5) is 10.9. The summed E-state index contributed by atoms with van der Waals surface area (Å²) in [5.74, 6) is -0.440. The first-order valence-electron chi connectivity index (χ1n) is 4.37. The first-order chi connectivity index (χ1) is 6.77. The van der Waals surface area contributed by atoms with Crippen LogP contribution in [0.4, 0.5) is 0 Å². The molecular weight excluding hydrogens is 180 g/mol. The minimum Gasteiger partial charge on any atom is -0.383 e. The molecule has 0 aromatic heterocycles. The quantitative estimate of drug-likeness (QED) is 0.667. The molecule has 72 valence electrons. The van der Waals surface area contributed by atoms with E-state index < -0.39 is 12.0 Å². The van der Waals surface area contributed by atoms with Gasteiger partial charge in [-0.1, -0.05) is 30.3 Å². The number of carbonyl (C=O) groups excluding carboxylic acids is 1. The number of nitrogens with one attached hydrogen (secondary N) is 1. The van der Waals surface area contributed by atoms with Gasteiger partial charge >= 0.3 is 0 Å². The van der Waals surface area contributed by atoms with E-state index in [2.05, 4.69) is 10.5 Å². The Morgan fingerprint density at radius 3 is 2.71 bits per heavy atom. The van der Waals surface area contributed by atoms with Crippen molar-refractivity contribution in [3.05, 3.63) is 35.9 Å². The number of aliphatic hydroxyl groups is 1. The minimum atomic E-state index is -0.984. The maximum atomic E-state index is 10.9. The summed E-state index contributed by atoms with van der Waals surface area (Å²) in [6.45, 7) is 0. The van der Waals surface area contributed by atoms with E-state index in [4.69, 9.17) is 0 Å². The Labute approximate surface area is 81.3 Å². The van der Waals surface area contributed by atoms with Crippen LogP contribution < -0.4 is 5.43 Å². The molecule has 1 aliphatic rings. The summed E-state index contributed by atoms with van der Waals surface area (Å²) in [5.41, 5.74) is 3.91. The molecule has 1 aliphatic heterocycles. The molecule has 1 heterocycles. The topological polar surface area (TPSA) is 61.7 Å². The Bertz CT molecular complexity index is 373. The number of nitrogens with zero attached hydrogens (tertiary/aromatic N) is 1. The number of aliphatic hydroxyl groups excluding tert-OH is 1. The third-order valence-electron chi connectivity index (χ3n) is 2.10. The molecule has 0 bridgehead atoms. The van der Waals surface area contributed by atoms with Crippen LogP contribution in [0.1, 0.15) is 12.0 Å². The van der Waals surface area contributed by atoms with Gasteiger partial charge in [-0.25, -0.2) is 5.43 Å². The first kappa shape index (κ1) is 8.90. The molecule has 1 amide bonds. The summed E-state index contributed by atoms with van der Waals surface area (Å²) in [5, 5.41) is 13.2. The summed E-state index contributed by atoms with van der Waals surface area (Å²) in [7, 11) is 0. The third kappa shape index (κ3) is 1.65. The highest BCUT2D eigenvalue weighted by molar-refractivity contribution is 6.05. The zero-order chi connectivity index (χ0) is 9.97. The van der Waals surface area contributed by atoms with E-state index in [-0.39, 0.29) is 6.42 Å². The molecule has 2 N–H and O–H groups in total. The van der Waals surface area contributed by atoms with Gasteiger partial charge in [0, 0.05) is 6.42 Å². The van der Waals surface area contributed by atoms with Crippen molar-refractivity contribution in [2.75, 3.05) is 0 Å². The van der Waals surface area contributed by atoms with Gasteiger partial charge in [0.05, 0.1) is 5.71 Å². The second kappa shape index (κ2) is 3.59. The number of carbonyl (C=O) groups is 1. The number of rotatable bonds is 1. The van der Waals surface area contributed by atoms with Gasteiger partial charge in [0.15, 0.2) is 0 Å². The van der Waals surface area contributed by atoms with Crippen LogP contribution in [0.5, 0.6) is 0 Å². The Morgan fingerprint density at radius 1 is 1.36 bits per heavy atom. The maximum absolute atomic E-state index is 10.9. The van der Waals surface area contributed by atoms with Crippen molar-refractivity contribution >= 4 is 11.6 Å². The smallest absolute Gasteiger partial charge is 0.269 e. The molecule has 4 nitrogen and oxygen atoms in total. The van der Waals surface area contributed by atoms with E-state index in [1.54, 1.807) is 0 Å². The van der Waals surface area contributed by atoms with Crippen LogP contribution in [0.2, 0.25) is 0 Å². The average Bonchev–Trinajstić information content (AvgIpc) is 2.23. The SMILES string of the molecule is O=C1NN=C(c2ccccc2)C[C@@H]1O. The van der Waals surface area contributed by atoms with E-state index in [1.165, 1.54) is 0 Å². The molecule has 4 heteroatoms. The van der Waals surface area contributed by atoms with Crippen molar-refractivity contribution in [2.45, 2.75) is 12.5 Å². The van der Waals surface area contributed by atoms with Gasteiger partial charge in [-0.15, -0.1) is 0 Å². The van der Waals surface area contributed by atoms with Crippen LogP contribution in [-0.4, -0.2) is 22.8 Å². The van der Waals surface area contributed by atoms with E-state index in [0.717, 1.165) is 5.56 Å². The number of amides is 1. The molecular formula is C10H10N2O2. The van der Waals surface area contributed by atoms with Crippen molar-refractivity contribution in [2.24, 2.45) is 5.10 Å². The zero-order valence-electron chi connectivity index (χ0n) is 7.47. The summed E-state index contributed by atoms with van der Waals surface area (Å²) in [6, 6.07) is 9.47. The summed E-state index contributed by atoms with van der Waals surface area (Å²) >= 11 is 0. The van der Waals surface area contributed by atoms with Gasteiger partial charge in [-0.2, -0.15) is 5.10 Å². The van der Waals surface area contributed by atoms with Crippen LogP contribution >= 0.6 is 0 Å². The van der Waals surface area contributed by atoms with Gasteiger partial charge in [0.1, 0.15) is 6.10 Å². The van der Waals surface area contributed by atoms with Gasteiger partial charge in [-0.05, 0) is 5.56 Å². The standard InChI is InChI=1S/C10H10N2O2/c13-9-6-8(11-12-10(9)14)7-4-2-1-3-5-7/h1-5,9,13H,6H2,(H,12,14)/t9-/m0/s1. The van der Waals surface area contributed by atoms with Crippen molar-refractivity contribution in [3.63, 3.8) is 0 Å². The lowest BCUT2D eigenvalue weighted by Crippen LogP contribution is -2.38. The third-order valence-corrected chi connectivity index (χ3v) is 2.10. The summed E-state index contributed by atoms with van der Waals surface area (Å²) < 4.78 is 0. The first-order valence-corrected chi connectivity index (χ1v) is 4.37. The van der Waals surface area contributed by atoms with E-state index in [1.807, 2.05) is 30.3 Å². The molecule has 0 fully saturated rings. The molecule has 0 saturated heterocycles. The van der Waals surface area contributed by atoms with Gasteiger partial charge in [0.2, 0.25) is 0 Å². The molecule has 14 heavy (non-hydrogen) atoms. The van der Waals surface area contributed by atoms with Crippen molar-refractivity contribution in [3.8, 4) is 0 Å². The van der Waals surface area contributed by atoms with Gasteiger partial charge < -0.3 is 5.11 Å². The largest absolute Gasteiger partial charge is 0.383 e. The monoisotopic (exact) mass is 190 g/mol. The van der Waals surface area contributed by atoms with Crippen molar-refractivity contribution in [1.82, 2.24) is 5.43 Å². The van der Waals surface area contributed by atoms with Crippen LogP contribution in [0, 0.1) is 0 Å². The average molecular weight is 190 g/mol. The van der Waals surface area contributed by atoms with Crippen LogP contribution in [0.15, 0.2) is 35.4 Å².